The predicted octanol–water partition coefficient (Wildman–Crippen LogP) is 2.24. The fourth-order valence-corrected chi connectivity index (χ4v) is 2.40. The van der Waals surface area contributed by atoms with E-state index in [1.807, 2.05) is 41.9 Å². The lowest BCUT2D eigenvalue weighted by Gasteiger charge is -2.08. The Labute approximate surface area is 132 Å². The molecule has 118 valence electrons. The van der Waals surface area contributed by atoms with Crippen molar-refractivity contribution in [3.63, 3.8) is 0 Å². The fraction of sp³-hybridized carbons (Fsp3) is 0.188. The summed E-state index contributed by atoms with van der Waals surface area (Å²) in [4.78, 5) is 15.5. The molecule has 2 heterocycles. The molecule has 0 atom stereocenters. The number of hydroxylamine groups is 1. The van der Waals surface area contributed by atoms with Gasteiger partial charge >= 0.3 is 0 Å². The van der Waals surface area contributed by atoms with E-state index < -0.39 is 5.91 Å². The number of hydrogen-bond acceptors (Lipinski definition) is 5. The van der Waals surface area contributed by atoms with E-state index in [0.29, 0.717) is 0 Å². The van der Waals surface area contributed by atoms with Crippen LogP contribution in [0.4, 0.5) is 11.4 Å². The predicted molar refractivity (Wildman–Crippen MR) is 86.6 cm³/mol. The van der Waals surface area contributed by atoms with E-state index in [1.54, 1.807) is 17.9 Å². The van der Waals surface area contributed by atoms with Crippen LogP contribution in [0.15, 0.2) is 42.7 Å². The Morgan fingerprint density at radius 3 is 2.74 bits per heavy atom. The van der Waals surface area contributed by atoms with Gasteiger partial charge in [0.2, 0.25) is 5.91 Å². The zero-order valence-corrected chi connectivity index (χ0v) is 12.7. The van der Waals surface area contributed by atoms with Gasteiger partial charge in [0.25, 0.3) is 0 Å². The van der Waals surface area contributed by atoms with E-state index >= 15 is 0 Å². The van der Waals surface area contributed by atoms with Gasteiger partial charge in [-0.3, -0.25) is 10.0 Å². The second-order valence-electron chi connectivity index (χ2n) is 5.09. The molecule has 0 fully saturated rings. The van der Waals surface area contributed by atoms with Gasteiger partial charge in [-0.2, -0.15) is 5.10 Å². The van der Waals surface area contributed by atoms with Gasteiger partial charge < -0.3 is 5.32 Å². The van der Waals surface area contributed by atoms with Gasteiger partial charge in [-0.05, 0) is 30.7 Å². The Kier molecular flexibility index (Phi) is 4.20. The molecule has 0 aliphatic carbocycles. The second-order valence-corrected chi connectivity index (χ2v) is 5.09. The molecule has 3 N–H and O–H groups in total. The van der Waals surface area contributed by atoms with Gasteiger partial charge in [0, 0.05) is 18.4 Å². The van der Waals surface area contributed by atoms with E-state index in [4.69, 9.17) is 5.21 Å². The highest BCUT2D eigenvalue weighted by Gasteiger charge is 2.08. The molecular weight excluding hydrogens is 294 g/mol. The van der Waals surface area contributed by atoms with E-state index in [2.05, 4.69) is 15.4 Å². The van der Waals surface area contributed by atoms with E-state index in [9.17, 15) is 4.79 Å². The Balaban J connectivity index is 1.82. The van der Waals surface area contributed by atoms with Gasteiger partial charge in [0.15, 0.2) is 5.65 Å². The lowest BCUT2D eigenvalue weighted by molar-refractivity contribution is -0.128. The number of anilines is 2. The average Bonchev–Trinajstić information content (AvgIpc) is 3.00. The second kappa shape index (κ2) is 6.45. The van der Waals surface area contributed by atoms with Crippen LogP contribution in [0.3, 0.4) is 0 Å². The van der Waals surface area contributed by atoms with Gasteiger partial charge in [0.1, 0.15) is 0 Å². The largest absolute Gasteiger partial charge is 0.355 e. The summed E-state index contributed by atoms with van der Waals surface area (Å²) >= 11 is 0. The van der Waals surface area contributed by atoms with Crippen LogP contribution < -0.4 is 10.8 Å². The summed E-state index contributed by atoms with van der Waals surface area (Å²) < 4.78 is 1.84. The highest BCUT2D eigenvalue weighted by Crippen LogP contribution is 2.25. The topological polar surface area (TPSA) is 92.1 Å². The molecule has 1 aromatic carbocycles. The van der Waals surface area contributed by atoms with Crippen molar-refractivity contribution in [1.29, 1.82) is 0 Å². The van der Waals surface area contributed by atoms with E-state index in [-0.39, 0.29) is 6.42 Å². The Morgan fingerprint density at radius 2 is 2.04 bits per heavy atom. The molecule has 0 aliphatic heterocycles. The molecule has 7 nitrogen and oxygen atoms in total. The number of hydrogen-bond donors (Lipinski definition) is 3. The minimum absolute atomic E-state index is 0.138. The molecule has 0 saturated heterocycles. The molecule has 0 bridgehead atoms. The third-order valence-corrected chi connectivity index (χ3v) is 3.56. The number of aryl methyl sites for hydroxylation is 1. The van der Waals surface area contributed by atoms with Gasteiger partial charge in [-0.25, -0.2) is 15.1 Å². The van der Waals surface area contributed by atoms with Crippen LogP contribution in [-0.4, -0.2) is 25.9 Å². The lowest BCUT2D eigenvalue weighted by Crippen LogP contribution is -2.20. The Hall–Kier alpha value is -2.93. The van der Waals surface area contributed by atoms with E-state index in [0.717, 1.165) is 34.5 Å². The zero-order chi connectivity index (χ0) is 16.2. The number of nitrogens with one attached hydrogen (secondary N) is 2. The molecule has 0 spiro atoms. The summed E-state index contributed by atoms with van der Waals surface area (Å²) in [6.07, 6.45) is 3.69. The number of rotatable bonds is 5. The monoisotopic (exact) mass is 311 g/mol. The highest BCUT2D eigenvalue weighted by atomic mass is 16.5. The molecule has 3 aromatic rings. The number of fused-ring (bicyclic) bond motifs is 1. The van der Waals surface area contributed by atoms with Crippen molar-refractivity contribution in [3.05, 3.63) is 48.3 Å². The maximum atomic E-state index is 11.1. The first-order valence-corrected chi connectivity index (χ1v) is 7.30. The summed E-state index contributed by atoms with van der Waals surface area (Å²) in [6, 6.07) is 9.35. The first-order valence-electron chi connectivity index (χ1n) is 7.30. The Morgan fingerprint density at radius 1 is 1.26 bits per heavy atom. The molecule has 2 aromatic heterocycles. The number of carbonyl (C=O) groups excluding carboxylic acids is 1. The fourth-order valence-electron chi connectivity index (χ4n) is 2.40. The molecule has 0 radical (unpaired) electrons. The van der Waals surface area contributed by atoms with Crippen LogP contribution in [0.2, 0.25) is 0 Å². The molecule has 0 saturated carbocycles. The number of pyridine rings is 1. The number of amides is 1. The van der Waals surface area contributed by atoms with Crippen LogP contribution in [0.5, 0.6) is 0 Å². The third kappa shape index (κ3) is 3.14. The van der Waals surface area contributed by atoms with Crippen LogP contribution >= 0.6 is 0 Å². The van der Waals surface area contributed by atoms with Crippen LogP contribution in [-0.2, 0) is 17.8 Å². The summed E-state index contributed by atoms with van der Waals surface area (Å²) in [5.74, 6) is -0.437. The van der Waals surface area contributed by atoms with Crippen molar-refractivity contribution in [3.8, 4) is 0 Å². The number of nitrogens with zero attached hydrogens (tertiary/aromatic N) is 3. The molecule has 0 aliphatic rings. The van der Waals surface area contributed by atoms with E-state index in [1.165, 1.54) is 0 Å². The van der Waals surface area contributed by atoms with Crippen molar-refractivity contribution in [2.75, 3.05) is 5.32 Å². The van der Waals surface area contributed by atoms with Crippen LogP contribution in [0.1, 0.15) is 12.5 Å². The minimum atomic E-state index is -0.437. The standard InChI is InChI=1S/C16H17N5O2/c1-2-21-16-13(10-18-21)14(7-8-17-16)19-12-5-3-11(4-6-12)9-15(22)20-23/h3-8,10,23H,2,9H2,1H3,(H,17,19)(H,20,22). The molecule has 0 unspecified atom stereocenters. The smallest absolute Gasteiger partial charge is 0.247 e. The van der Waals surface area contributed by atoms with Crippen molar-refractivity contribution in [2.45, 2.75) is 19.9 Å². The molecular formula is C16H17N5O2. The normalized spacial score (nSPS) is 10.7. The van der Waals surface area contributed by atoms with Crippen molar-refractivity contribution < 1.29 is 10.0 Å². The van der Waals surface area contributed by atoms with Crippen LogP contribution in [0.25, 0.3) is 11.0 Å². The van der Waals surface area contributed by atoms with Crippen molar-refractivity contribution in [1.82, 2.24) is 20.2 Å². The summed E-state index contributed by atoms with van der Waals surface area (Å²) in [7, 11) is 0. The summed E-state index contributed by atoms with van der Waals surface area (Å²) in [6.45, 7) is 2.79. The van der Waals surface area contributed by atoms with Crippen LogP contribution in [0, 0.1) is 0 Å². The van der Waals surface area contributed by atoms with Crippen molar-refractivity contribution >= 4 is 28.3 Å². The Bertz CT molecular complexity index is 826. The molecule has 3 rings (SSSR count). The van der Waals surface area contributed by atoms with Crippen molar-refractivity contribution in [2.24, 2.45) is 0 Å². The highest BCUT2D eigenvalue weighted by molar-refractivity contribution is 5.90. The summed E-state index contributed by atoms with van der Waals surface area (Å²) in [5.41, 5.74) is 5.11. The third-order valence-electron chi connectivity index (χ3n) is 3.56. The molecule has 23 heavy (non-hydrogen) atoms. The summed E-state index contributed by atoms with van der Waals surface area (Å²) in [5, 5.41) is 17.2. The quantitative estimate of drug-likeness (QED) is 0.496. The van der Waals surface area contributed by atoms with Gasteiger partial charge in [0.05, 0.1) is 23.7 Å². The minimum Gasteiger partial charge on any atom is -0.355 e. The van der Waals surface area contributed by atoms with Gasteiger partial charge in [-0.15, -0.1) is 0 Å². The molecule has 7 heteroatoms. The average molecular weight is 311 g/mol. The lowest BCUT2D eigenvalue weighted by atomic mass is 10.1. The molecule has 1 amide bonds. The number of aromatic nitrogens is 3. The number of benzene rings is 1. The van der Waals surface area contributed by atoms with Gasteiger partial charge in [-0.1, -0.05) is 12.1 Å². The first kappa shape index (κ1) is 15.0. The SMILES string of the molecule is CCn1ncc2c(Nc3ccc(CC(=O)NO)cc3)ccnc21. The maximum absolute atomic E-state index is 11.1. The number of carbonyl (C=O) groups is 1. The zero-order valence-electron chi connectivity index (χ0n) is 12.7. The maximum Gasteiger partial charge on any atom is 0.247 e. The first-order chi connectivity index (χ1) is 11.2.